The molecule has 1 radical (unpaired) electrons. The second kappa shape index (κ2) is 23.3. The SMILES string of the molecule is [Cl-].[Mg+2].[O-2].[V]. The number of hydrogen-bond acceptors (Lipinski definition) is 0. The van der Waals surface area contributed by atoms with Gasteiger partial charge in [0.1, 0.15) is 0 Å². The van der Waals surface area contributed by atoms with E-state index in [4.69, 9.17) is 0 Å². The molecule has 0 heterocycles. The maximum Gasteiger partial charge on any atom is 2.00 e. The van der Waals surface area contributed by atoms with Gasteiger partial charge in [0.25, 0.3) is 0 Å². The van der Waals surface area contributed by atoms with Gasteiger partial charge in [0, 0.05) is 18.6 Å². The van der Waals surface area contributed by atoms with E-state index in [1.54, 1.807) is 0 Å². The van der Waals surface area contributed by atoms with E-state index in [1.165, 1.54) is 0 Å². The van der Waals surface area contributed by atoms with E-state index in [9.17, 15) is 0 Å². The first-order valence-electron chi connectivity index (χ1n) is 0. The van der Waals surface area contributed by atoms with Crippen molar-refractivity contribution in [3.63, 3.8) is 0 Å². The van der Waals surface area contributed by atoms with E-state index in [1.807, 2.05) is 0 Å². The van der Waals surface area contributed by atoms with E-state index in [0.29, 0.717) is 0 Å². The normalized spacial score (nSPS) is 0. The van der Waals surface area contributed by atoms with Crippen molar-refractivity contribution < 1.29 is 36.4 Å². The third kappa shape index (κ3) is 9.50. The monoisotopic (exact) mass is 126 g/mol. The fraction of sp³-hybridized carbons (Fsp3) is 0. The van der Waals surface area contributed by atoms with Gasteiger partial charge in [-0.15, -0.1) is 0 Å². The van der Waals surface area contributed by atoms with E-state index in [2.05, 4.69) is 0 Å². The Morgan fingerprint density at radius 3 is 1.00 bits per heavy atom. The summed E-state index contributed by atoms with van der Waals surface area (Å²) in [6, 6.07) is 0. The first-order valence-corrected chi connectivity index (χ1v) is 0. The van der Waals surface area contributed by atoms with Gasteiger partial charge in [0.15, 0.2) is 0 Å². The van der Waals surface area contributed by atoms with Crippen molar-refractivity contribution >= 4 is 23.1 Å². The average molecular weight is 127 g/mol. The molecule has 0 atom stereocenters. The van der Waals surface area contributed by atoms with E-state index < -0.39 is 0 Å². The van der Waals surface area contributed by atoms with E-state index in [-0.39, 0.29) is 59.5 Å². The van der Waals surface area contributed by atoms with Crippen LogP contribution in [0.1, 0.15) is 0 Å². The minimum Gasteiger partial charge on any atom is -2.00 e. The maximum atomic E-state index is 0. The molecule has 1 nitrogen and oxygen atoms in total. The second-order valence-electron chi connectivity index (χ2n) is 0. The molecule has 0 aromatic rings. The summed E-state index contributed by atoms with van der Waals surface area (Å²) in [6.45, 7) is 0. The van der Waals surface area contributed by atoms with Gasteiger partial charge in [-0.3, -0.25) is 0 Å². The summed E-state index contributed by atoms with van der Waals surface area (Å²) < 4.78 is 0. The molecule has 0 aromatic carbocycles. The number of rotatable bonds is 0. The molecule has 0 N–H and O–H groups in total. The van der Waals surface area contributed by atoms with E-state index in [0.717, 1.165) is 0 Å². The Hall–Kier alpha value is 1.60. The first-order chi connectivity index (χ1) is 0. The van der Waals surface area contributed by atoms with Gasteiger partial charge in [-0.05, 0) is 0 Å². The molecule has 0 fully saturated rings. The number of halogens is 1. The predicted octanol–water partition coefficient (Wildman–Crippen LogP) is -3.50. The zero-order valence-electron chi connectivity index (χ0n) is 1.94. The molecule has 21 valence electrons. The van der Waals surface area contributed by atoms with Crippen molar-refractivity contribution in [3.8, 4) is 0 Å². The van der Waals surface area contributed by atoms with Gasteiger partial charge >= 0.3 is 23.1 Å². The van der Waals surface area contributed by atoms with Crippen LogP contribution in [0.4, 0.5) is 0 Å². The van der Waals surface area contributed by atoms with Crippen LogP contribution in [0.25, 0.3) is 0 Å². The van der Waals surface area contributed by atoms with Gasteiger partial charge < -0.3 is 17.9 Å². The van der Waals surface area contributed by atoms with Crippen molar-refractivity contribution in [3.05, 3.63) is 0 Å². The van der Waals surface area contributed by atoms with Crippen molar-refractivity contribution in [2.45, 2.75) is 0 Å². The Morgan fingerprint density at radius 1 is 1.00 bits per heavy atom. The molecule has 0 aliphatic rings. The Balaban J connectivity index is 0. The smallest absolute Gasteiger partial charge is 2.00 e. The topological polar surface area (TPSA) is 28.5 Å². The maximum absolute atomic E-state index is 0. The average Bonchev–Trinajstić information content (AvgIpc) is 0. The van der Waals surface area contributed by atoms with Crippen LogP contribution >= 0.6 is 0 Å². The van der Waals surface area contributed by atoms with Crippen LogP contribution in [0.3, 0.4) is 0 Å². The largest absolute Gasteiger partial charge is 2.00 e. The fourth-order valence-electron chi connectivity index (χ4n) is 0. The molecule has 0 rings (SSSR count). The number of hydrogen-bond donors (Lipinski definition) is 0. The molecule has 4 heteroatoms. The van der Waals surface area contributed by atoms with E-state index >= 15 is 0 Å². The van der Waals surface area contributed by atoms with Crippen LogP contribution in [0, 0.1) is 0 Å². The zero-order valence-corrected chi connectivity index (χ0v) is 5.51. The Morgan fingerprint density at radius 2 is 1.00 bits per heavy atom. The second-order valence-corrected chi connectivity index (χ2v) is 0. The van der Waals surface area contributed by atoms with Crippen LogP contribution in [0.15, 0.2) is 0 Å². The Labute approximate surface area is 59.3 Å². The summed E-state index contributed by atoms with van der Waals surface area (Å²) in [6.07, 6.45) is 0. The fourth-order valence-corrected chi connectivity index (χ4v) is 0. The molecule has 4 heavy (non-hydrogen) atoms. The molecule has 0 saturated heterocycles. The van der Waals surface area contributed by atoms with Crippen molar-refractivity contribution in [1.29, 1.82) is 0 Å². The third-order valence-corrected chi connectivity index (χ3v) is 0. The van der Waals surface area contributed by atoms with Crippen LogP contribution in [0.5, 0.6) is 0 Å². The Kier molecular flexibility index (Phi) is 269. The first kappa shape index (κ1) is 46.3. The van der Waals surface area contributed by atoms with Gasteiger partial charge in [-0.25, -0.2) is 0 Å². The molecule has 0 unspecified atom stereocenters. The van der Waals surface area contributed by atoms with Gasteiger partial charge in [-0.1, -0.05) is 0 Å². The molecule has 0 aliphatic heterocycles. The van der Waals surface area contributed by atoms with Crippen LogP contribution in [-0.4, -0.2) is 23.1 Å². The quantitative estimate of drug-likeness (QED) is 0.302. The van der Waals surface area contributed by atoms with Gasteiger partial charge in [0.05, 0.1) is 0 Å². The van der Waals surface area contributed by atoms with Crippen molar-refractivity contribution in [1.82, 2.24) is 0 Å². The van der Waals surface area contributed by atoms with Crippen LogP contribution in [0.2, 0.25) is 0 Å². The van der Waals surface area contributed by atoms with Crippen molar-refractivity contribution in [2.75, 3.05) is 0 Å². The third-order valence-electron chi connectivity index (χ3n) is 0. The molecule has 0 spiro atoms. The molecule has 0 amide bonds. The summed E-state index contributed by atoms with van der Waals surface area (Å²) in [7, 11) is 0. The molecule has 0 aliphatic carbocycles. The van der Waals surface area contributed by atoms with Crippen LogP contribution < -0.4 is 12.4 Å². The minimum absolute atomic E-state index is 0. The van der Waals surface area contributed by atoms with Gasteiger partial charge in [0.2, 0.25) is 0 Å². The Bertz CT molecular complexity index is 8.00. The predicted molar refractivity (Wildman–Crippen MR) is 6.44 cm³/mol. The summed E-state index contributed by atoms with van der Waals surface area (Å²) in [5, 5.41) is 0. The molecule has 0 aromatic heterocycles. The summed E-state index contributed by atoms with van der Waals surface area (Å²) in [5.74, 6) is 0. The molecular formula is ClMgOV-. The summed E-state index contributed by atoms with van der Waals surface area (Å²) >= 11 is 0. The standard InChI is InChI=1S/ClH.Mg.O.V/h1H;;;/q;+2;-2;/p-1. The molecular weight excluding hydrogens is 127 g/mol. The minimum atomic E-state index is 0. The summed E-state index contributed by atoms with van der Waals surface area (Å²) in [5.41, 5.74) is 0. The zero-order chi connectivity index (χ0) is 0. The molecule has 0 saturated carbocycles. The van der Waals surface area contributed by atoms with Crippen molar-refractivity contribution in [2.24, 2.45) is 0 Å². The summed E-state index contributed by atoms with van der Waals surface area (Å²) in [4.78, 5) is 0. The molecule has 0 bridgehead atoms. The van der Waals surface area contributed by atoms with Gasteiger partial charge in [-0.2, -0.15) is 0 Å². The van der Waals surface area contributed by atoms with Crippen LogP contribution in [-0.2, 0) is 24.0 Å².